The number of aromatic nitrogens is 1. The second kappa shape index (κ2) is 6.12. The van der Waals surface area contributed by atoms with E-state index in [2.05, 4.69) is 34.4 Å². The lowest BCUT2D eigenvalue weighted by molar-refractivity contribution is -0.122. The van der Waals surface area contributed by atoms with Crippen molar-refractivity contribution in [2.45, 2.75) is 25.9 Å². The SMILES string of the molecule is CC(C)N1CC(NC(=O)CNC(=O)c2cscn2)C1. The molecule has 0 radical (unpaired) electrons. The van der Waals surface area contributed by atoms with Gasteiger partial charge < -0.3 is 10.6 Å². The first-order valence-corrected chi connectivity index (χ1v) is 7.20. The number of likely N-dealkylation sites (tertiary alicyclic amines) is 1. The van der Waals surface area contributed by atoms with Gasteiger partial charge in [0.15, 0.2) is 0 Å². The molecule has 19 heavy (non-hydrogen) atoms. The number of carbonyl (C=O) groups is 2. The summed E-state index contributed by atoms with van der Waals surface area (Å²) in [6.45, 7) is 6.01. The van der Waals surface area contributed by atoms with Crippen molar-refractivity contribution in [2.75, 3.05) is 19.6 Å². The summed E-state index contributed by atoms with van der Waals surface area (Å²) >= 11 is 1.35. The van der Waals surface area contributed by atoms with E-state index in [1.165, 1.54) is 11.3 Å². The van der Waals surface area contributed by atoms with Gasteiger partial charge in [0.1, 0.15) is 5.69 Å². The molecule has 2 rings (SSSR count). The van der Waals surface area contributed by atoms with E-state index in [1.807, 2.05) is 0 Å². The van der Waals surface area contributed by atoms with E-state index in [1.54, 1.807) is 10.9 Å². The van der Waals surface area contributed by atoms with Crippen molar-refractivity contribution in [3.05, 3.63) is 16.6 Å². The minimum Gasteiger partial charge on any atom is -0.349 e. The summed E-state index contributed by atoms with van der Waals surface area (Å²) in [4.78, 5) is 29.4. The van der Waals surface area contributed by atoms with Crippen LogP contribution in [-0.2, 0) is 4.79 Å². The van der Waals surface area contributed by atoms with Crippen molar-refractivity contribution in [3.8, 4) is 0 Å². The first-order chi connectivity index (χ1) is 9.06. The zero-order valence-electron chi connectivity index (χ0n) is 11.0. The van der Waals surface area contributed by atoms with E-state index < -0.39 is 0 Å². The molecule has 1 fully saturated rings. The summed E-state index contributed by atoms with van der Waals surface area (Å²) < 4.78 is 0. The average molecular weight is 282 g/mol. The molecule has 2 N–H and O–H groups in total. The number of hydrogen-bond donors (Lipinski definition) is 2. The fourth-order valence-corrected chi connectivity index (χ4v) is 2.41. The summed E-state index contributed by atoms with van der Waals surface area (Å²) in [5.74, 6) is -0.467. The fourth-order valence-electron chi connectivity index (χ4n) is 1.88. The van der Waals surface area contributed by atoms with Gasteiger partial charge in [-0.25, -0.2) is 4.98 Å². The van der Waals surface area contributed by atoms with E-state index in [-0.39, 0.29) is 24.4 Å². The largest absolute Gasteiger partial charge is 0.349 e. The molecule has 1 aliphatic heterocycles. The molecule has 0 aromatic carbocycles. The van der Waals surface area contributed by atoms with E-state index in [0.717, 1.165) is 13.1 Å². The number of thiazole rings is 1. The van der Waals surface area contributed by atoms with Gasteiger partial charge in [-0.3, -0.25) is 14.5 Å². The van der Waals surface area contributed by atoms with Crippen molar-refractivity contribution in [1.29, 1.82) is 0 Å². The first kappa shape index (κ1) is 14.0. The topological polar surface area (TPSA) is 74.3 Å². The maximum atomic E-state index is 11.6. The van der Waals surface area contributed by atoms with Gasteiger partial charge >= 0.3 is 0 Å². The number of hydrogen-bond acceptors (Lipinski definition) is 5. The van der Waals surface area contributed by atoms with Crippen molar-refractivity contribution in [2.24, 2.45) is 0 Å². The van der Waals surface area contributed by atoms with Crippen LogP contribution in [0.15, 0.2) is 10.9 Å². The molecule has 1 saturated heterocycles. The second-order valence-electron chi connectivity index (χ2n) is 4.87. The summed E-state index contributed by atoms with van der Waals surface area (Å²) in [6.07, 6.45) is 0. The molecule has 0 spiro atoms. The van der Waals surface area contributed by atoms with Gasteiger partial charge in [0.05, 0.1) is 18.1 Å². The second-order valence-corrected chi connectivity index (χ2v) is 5.59. The Morgan fingerprint density at radius 2 is 2.26 bits per heavy atom. The Bertz CT molecular complexity index is 441. The molecule has 2 heterocycles. The van der Waals surface area contributed by atoms with Crippen molar-refractivity contribution < 1.29 is 9.59 Å². The number of carbonyl (C=O) groups excluding carboxylic acids is 2. The Balaban J connectivity index is 1.65. The number of rotatable bonds is 5. The zero-order chi connectivity index (χ0) is 13.8. The Hall–Kier alpha value is -1.47. The maximum Gasteiger partial charge on any atom is 0.271 e. The third kappa shape index (κ3) is 3.74. The lowest BCUT2D eigenvalue weighted by atomic mass is 10.1. The van der Waals surface area contributed by atoms with Crippen LogP contribution >= 0.6 is 11.3 Å². The van der Waals surface area contributed by atoms with E-state index >= 15 is 0 Å². The van der Waals surface area contributed by atoms with Crippen LogP contribution in [0, 0.1) is 0 Å². The first-order valence-electron chi connectivity index (χ1n) is 6.26. The molecule has 6 nitrogen and oxygen atoms in total. The molecule has 0 saturated carbocycles. The third-order valence-corrected chi connectivity index (χ3v) is 3.67. The molecule has 0 aliphatic carbocycles. The van der Waals surface area contributed by atoms with Gasteiger partial charge in [0, 0.05) is 24.5 Å². The molecule has 1 aliphatic rings. The quantitative estimate of drug-likeness (QED) is 0.802. The monoisotopic (exact) mass is 282 g/mol. The Morgan fingerprint density at radius 1 is 1.53 bits per heavy atom. The van der Waals surface area contributed by atoms with Crippen molar-refractivity contribution >= 4 is 23.2 Å². The summed E-state index contributed by atoms with van der Waals surface area (Å²) in [5.41, 5.74) is 1.94. The lowest BCUT2D eigenvalue weighted by Crippen LogP contribution is -2.61. The fraction of sp³-hybridized carbons (Fsp3) is 0.583. The average Bonchev–Trinajstić information content (AvgIpc) is 2.83. The highest BCUT2D eigenvalue weighted by Crippen LogP contribution is 2.11. The van der Waals surface area contributed by atoms with E-state index in [4.69, 9.17) is 0 Å². The highest BCUT2D eigenvalue weighted by molar-refractivity contribution is 7.07. The molecule has 1 aromatic rings. The minimum atomic E-state index is -0.311. The van der Waals surface area contributed by atoms with Crippen LogP contribution in [0.1, 0.15) is 24.3 Å². The van der Waals surface area contributed by atoms with Crippen molar-refractivity contribution in [3.63, 3.8) is 0 Å². The molecule has 0 unspecified atom stereocenters. The van der Waals surface area contributed by atoms with Gasteiger partial charge in [-0.15, -0.1) is 11.3 Å². The number of nitrogens with zero attached hydrogens (tertiary/aromatic N) is 2. The van der Waals surface area contributed by atoms with Gasteiger partial charge in [-0.1, -0.05) is 0 Å². The van der Waals surface area contributed by atoms with Gasteiger partial charge in [-0.05, 0) is 13.8 Å². The third-order valence-electron chi connectivity index (χ3n) is 3.08. The summed E-state index contributed by atoms with van der Waals surface area (Å²) in [5, 5.41) is 7.09. The van der Waals surface area contributed by atoms with Crippen LogP contribution in [0.4, 0.5) is 0 Å². The zero-order valence-corrected chi connectivity index (χ0v) is 11.9. The Labute approximate surface area is 116 Å². The molecule has 104 valence electrons. The smallest absolute Gasteiger partial charge is 0.271 e. The highest BCUT2D eigenvalue weighted by atomic mass is 32.1. The van der Waals surface area contributed by atoms with E-state index in [0.29, 0.717) is 11.7 Å². The van der Waals surface area contributed by atoms with Crippen molar-refractivity contribution in [1.82, 2.24) is 20.5 Å². The van der Waals surface area contributed by atoms with Gasteiger partial charge in [0.25, 0.3) is 5.91 Å². The minimum absolute atomic E-state index is 0.00542. The number of amides is 2. The Kier molecular flexibility index (Phi) is 4.49. The van der Waals surface area contributed by atoms with Gasteiger partial charge in [-0.2, -0.15) is 0 Å². The van der Waals surface area contributed by atoms with Gasteiger partial charge in [0.2, 0.25) is 5.91 Å². The van der Waals surface area contributed by atoms with Crippen LogP contribution < -0.4 is 10.6 Å². The van der Waals surface area contributed by atoms with Crippen LogP contribution in [0.2, 0.25) is 0 Å². The molecule has 2 amide bonds. The molecule has 0 bridgehead atoms. The lowest BCUT2D eigenvalue weighted by Gasteiger charge is -2.42. The predicted octanol–water partition coefficient (Wildman–Crippen LogP) is 0.0817. The molecule has 1 aromatic heterocycles. The van der Waals surface area contributed by atoms with E-state index in [9.17, 15) is 9.59 Å². The highest BCUT2D eigenvalue weighted by Gasteiger charge is 2.29. The number of nitrogens with one attached hydrogen (secondary N) is 2. The summed E-state index contributed by atoms with van der Waals surface area (Å²) in [7, 11) is 0. The van der Waals surface area contributed by atoms with Crippen LogP contribution in [0.3, 0.4) is 0 Å². The van der Waals surface area contributed by atoms with Crippen LogP contribution in [0.5, 0.6) is 0 Å². The summed E-state index contributed by atoms with van der Waals surface area (Å²) in [6, 6.07) is 0.712. The molecule has 0 atom stereocenters. The standard InChI is InChI=1S/C12H18N4O2S/c1-8(2)16-4-9(5-16)15-11(17)3-13-12(18)10-6-19-7-14-10/h6-9H,3-5H2,1-2H3,(H,13,18)(H,15,17). The predicted molar refractivity (Wildman–Crippen MR) is 73.1 cm³/mol. The maximum absolute atomic E-state index is 11.6. The molecular formula is C12H18N4O2S. The Morgan fingerprint density at radius 3 is 2.84 bits per heavy atom. The molecule has 7 heteroatoms. The van der Waals surface area contributed by atoms with Crippen LogP contribution in [0.25, 0.3) is 0 Å². The molecular weight excluding hydrogens is 264 g/mol. The normalized spacial score (nSPS) is 16.2. The van der Waals surface area contributed by atoms with Crippen LogP contribution in [-0.4, -0.2) is 53.4 Å².